The van der Waals surface area contributed by atoms with Crippen LogP contribution in [0.25, 0.3) is 10.9 Å². The largest absolute Gasteiger partial charge is 0.391 e. The molecule has 1 aromatic heterocycles. The first kappa shape index (κ1) is 21.3. The lowest BCUT2D eigenvalue weighted by Crippen LogP contribution is -2.56. The second-order valence-corrected chi connectivity index (χ2v) is 8.26. The van der Waals surface area contributed by atoms with E-state index < -0.39 is 12.1 Å². The zero-order valence-electron chi connectivity index (χ0n) is 17.6. The van der Waals surface area contributed by atoms with E-state index in [1.165, 1.54) is 0 Å². The number of fused-ring (bicyclic) bond motifs is 1. The summed E-state index contributed by atoms with van der Waals surface area (Å²) in [6.07, 6.45) is 2.49. The van der Waals surface area contributed by atoms with Gasteiger partial charge in [-0.2, -0.15) is 0 Å². The zero-order chi connectivity index (χ0) is 21.1. The molecule has 1 aliphatic rings. The number of H-pyrrole nitrogens is 1. The second-order valence-electron chi connectivity index (χ2n) is 8.26. The maximum absolute atomic E-state index is 13.4. The second kappa shape index (κ2) is 8.97. The first-order chi connectivity index (χ1) is 13.8. The molecule has 7 nitrogen and oxygen atoms in total. The van der Waals surface area contributed by atoms with Gasteiger partial charge in [0.25, 0.3) is 0 Å². The molecule has 2 heterocycles. The number of aromatic amines is 1. The summed E-state index contributed by atoms with van der Waals surface area (Å²) in [5.74, 6) is -0.382. The van der Waals surface area contributed by atoms with Crippen LogP contribution in [0.3, 0.4) is 0 Å². The Labute approximate surface area is 171 Å². The van der Waals surface area contributed by atoms with Gasteiger partial charge in [0.2, 0.25) is 11.8 Å². The normalized spacial score (nSPS) is 21.5. The number of nitrogens with zero attached hydrogens (tertiary/aromatic N) is 1. The van der Waals surface area contributed by atoms with Crippen LogP contribution in [0.2, 0.25) is 0 Å². The van der Waals surface area contributed by atoms with E-state index in [2.05, 4.69) is 15.6 Å². The maximum atomic E-state index is 13.4. The minimum atomic E-state index is -0.617. The predicted octanol–water partition coefficient (Wildman–Crippen LogP) is 1.42. The minimum absolute atomic E-state index is 0.0537. The molecule has 1 unspecified atom stereocenters. The number of amides is 2. The molecule has 0 aliphatic carbocycles. The van der Waals surface area contributed by atoms with Crippen LogP contribution in [0, 0.1) is 5.92 Å². The van der Waals surface area contributed by atoms with E-state index in [-0.39, 0.29) is 29.8 Å². The lowest BCUT2D eigenvalue weighted by Gasteiger charge is -2.32. The Morgan fingerprint density at radius 3 is 2.69 bits per heavy atom. The summed E-state index contributed by atoms with van der Waals surface area (Å²) in [6.45, 7) is 6.10. The van der Waals surface area contributed by atoms with Gasteiger partial charge in [0.1, 0.15) is 6.04 Å². The number of aromatic nitrogens is 1. The number of likely N-dealkylation sites (tertiary alicyclic amines) is 1. The van der Waals surface area contributed by atoms with Gasteiger partial charge in [-0.1, -0.05) is 32.0 Å². The quantitative estimate of drug-likeness (QED) is 0.565. The van der Waals surface area contributed by atoms with Crippen LogP contribution in [-0.2, 0) is 16.0 Å². The van der Waals surface area contributed by atoms with Crippen molar-refractivity contribution < 1.29 is 14.7 Å². The Morgan fingerprint density at radius 2 is 2.00 bits per heavy atom. The van der Waals surface area contributed by atoms with E-state index in [0.29, 0.717) is 19.4 Å². The van der Waals surface area contributed by atoms with Crippen LogP contribution < -0.4 is 10.6 Å². The summed E-state index contributed by atoms with van der Waals surface area (Å²) in [6, 6.07) is 6.72. The van der Waals surface area contributed by atoms with Crippen molar-refractivity contribution in [2.75, 3.05) is 13.6 Å². The Hall–Kier alpha value is -2.38. The molecule has 3 rings (SSSR count). The van der Waals surface area contributed by atoms with E-state index in [0.717, 1.165) is 16.5 Å². The van der Waals surface area contributed by atoms with Gasteiger partial charge in [0.15, 0.2) is 0 Å². The van der Waals surface area contributed by atoms with Crippen LogP contribution in [0.15, 0.2) is 30.5 Å². The molecule has 2 aromatic rings. The standard InChI is InChI=1S/C22H32N4O3/c1-13(2)20(25-21(28)14(3)23-4)22(29)26-10-9-19(27)18(26)11-15-12-24-17-8-6-5-7-16(15)17/h5-8,12-14,18-20,23-24,27H,9-11H2,1-4H3,(H,25,28)/t14-,18-,19?,20-/m0/s1. The fourth-order valence-electron chi connectivity index (χ4n) is 3.98. The van der Waals surface area contributed by atoms with Crippen molar-refractivity contribution in [3.63, 3.8) is 0 Å². The van der Waals surface area contributed by atoms with Crippen molar-refractivity contribution in [3.05, 3.63) is 36.0 Å². The highest BCUT2D eigenvalue weighted by molar-refractivity contribution is 5.90. The van der Waals surface area contributed by atoms with Crippen molar-refractivity contribution in [2.24, 2.45) is 5.92 Å². The van der Waals surface area contributed by atoms with Crippen LogP contribution >= 0.6 is 0 Å². The third-order valence-corrected chi connectivity index (χ3v) is 5.95. The molecule has 2 amide bonds. The van der Waals surface area contributed by atoms with Crippen molar-refractivity contribution in [1.29, 1.82) is 0 Å². The molecular formula is C22H32N4O3. The minimum Gasteiger partial charge on any atom is -0.391 e. The summed E-state index contributed by atoms with van der Waals surface area (Å²) in [5, 5.41) is 17.5. The van der Waals surface area contributed by atoms with Gasteiger partial charge in [-0.15, -0.1) is 0 Å². The fraction of sp³-hybridized carbons (Fsp3) is 0.545. The number of likely N-dealkylation sites (N-methyl/N-ethyl adjacent to an activating group) is 1. The van der Waals surface area contributed by atoms with E-state index in [9.17, 15) is 14.7 Å². The van der Waals surface area contributed by atoms with Crippen LogP contribution in [0.4, 0.5) is 0 Å². The third kappa shape index (κ3) is 4.46. The van der Waals surface area contributed by atoms with E-state index in [1.54, 1.807) is 18.9 Å². The number of carbonyl (C=O) groups is 2. The Kier molecular flexibility index (Phi) is 6.59. The van der Waals surface area contributed by atoms with Crippen molar-refractivity contribution >= 4 is 22.7 Å². The highest BCUT2D eigenvalue weighted by atomic mass is 16.3. The Balaban J connectivity index is 1.79. The summed E-state index contributed by atoms with van der Waals surface area (Å²) in [4.78, 5) is 30.7. The van der Waals surface area contributed by atoms with Crippen LogP contribution in [-0.4, -0.2) is 64.6 Å². The fourth-order valence-corrected chi connectivity index (χ4v) is 3.98. The molecule has 7 heteroatoms. The zero-order valence-corrected chi connectivity index (χ0v) is 17.6. The van der Waals surface area contributed by atoms with Gasteiger partial charge < -0.3 is 25.6 Å². The lowest BCUT2D eigenvalue weighted by molar-refractivity contribution is -0.139. The number of aliphatic hydroxyl groups is 1. The maximum Gasteiger partial charge on any atom is 0.245 e. The molecule has 1 aromatic carbocycles. The number of aliphatic hydroxyl groups excluding tert-OH is 1. The average Bonchev–Trinajstić information content (AvgIpc) is 3.29. The molecule has 0 spiro atoms. The highest BCUT2D eigenvalue weighted by Crippen LogP contribution is 2.27. The Bertz CT molecular complexity index is 863. The van der Waals surface area contributed by atoms with Crippen molar-refractivity contribution in [3.8, 4) is 0 Å². The molecule has 1 fully saturated rings. The Morgan fingerprint density at radius 1 is 1.28 bits per heavy atom. The third-order valence-electron chi connectivity index (χ3n) is 5.95. The van der Waals surface area contributed by atoms with Gasteiger partial charge in [-0.25, -0.2) is 0 Å². The number of rotatable bonds is 7. The van der Waals surface area contributed by atoms with E-state index in [4.69, 9.17) is 0 Å². The number of hydrogen-bond donors (Lipinski definition) is 4. The molecule has 0 radical (unpaired) electrons. The molecule has 4 atom stereocenters. The number of nitrogens with one attached hydrogen (secondary N) is 3. The number of benzene rings is 1. The van der Waals surface area contributed by atoms with Crippen LogP contribution in [0.5, 0.6) is 0 Å². The summed E-state index contributed by atoms with van der Waals surface area (Å²) >= 11 is 0. The van der Waals surface area contributed by atoms with Crippen LogP contribution in [0.1, 0.15) is 32.8 Å². The summed E-state index contributed by atoms with van der Waals surface area (Å²) in [5.41, 5.74) is 2.12. The first-order valence-corrected chi connectivity index (χ1v) is 10.3. The van der Waals surface area contributed by atoms with E-state index in [1.807, 2.05) is 44.3 Å². The summed E-state index contributed by atoms with van der Waals surface area (Å²) < 4.78 is 0. The molecule has 29 heavy (non-hydrogen) atoms. The van der Waals surface area contributed by atoms with E-state index >= 15 is 0 Å². The molecule has 158 valence electrons. The smallest absolute Gasteiger partial charge is 0.245 e. The predicted molar refractivity (Wildman–Crippen MR) is 113 cm³/mol. The molecule has 1 aliphatic heterocycles. The van der Waals surface area contributed by atoms with Gasteiger partial charge >= 0.3 is 0 Å². The summed E-state index contributed by atoms with van der Waals surface area (Å²) in [7, 11) is 1.71. The van der Waals surface area contributed by atoms with Crippen molar-refractivity contribution in [1.82, 2.24) is 20.5 Å². The molecular weight excluding hydrogens is 368 g/mol. The average molecular weight is 401 g/mol. The van der Waals surface area contributed by atoms with Crippen molar-refractivity contribution in [2.45, 2.75) is 57.8 Å². The number of carbonyl (C=O) groups excluding carboxylic acids is 2. The van der Waals surface area contributed by atoms with Gasteiger partial charge in [-0.3, -0.25) is 9.59 Å². The highest BCUT2D eigenvalue weighted by Gasteiger charge is 2.40. The monoisotopic (exact) mass is 400 g/mol. The molecule has 0 bridgehead atoms. The lowest BCUT2D eigenvalue weighted by atomic mass is 9.98. The number of hydrogen-bond acceptors (Lipinski definition) is 4. The first-order valence-electron chi connectivity index (χ1n) is 10.3. The SMILES string of the molecule is CN[C@@H](C)C(=O)N[C@H](C(=O)N1CCC(O)[C@@H]1Cc1c[nH]c2ccccc12)C(C)C. The molecule has 0 saturated carbocycles. The van der Waals surface area contributed by atoms with Gasteiger partial charge in [-0.05, 0) is 44.4 Å². The van der Waals surface area contributed by atoms with Gasteiger partial charge in [0.05, 0.1) is 18.2 Å². The van der Waals surface area contributed by atoms with Gasteiger partial charge in [0, 0.05) is 23.6 Å². The topological polar surface area (TPSA) is 97.5 Å². The number of para-hydroxylation sites is 1. The molecule has 4 N–H and O–H groups in total. The molecule has 1 saturated heterocycles.